The Morgan fingerprint density at radius 3 is 2.72 bits per heavy atom. The molecule has 1 saturated heterocycles. The van der Waals surface area contributed by atoms with Crippen molar-refractivity contribution in [2.24, 2.45) is 5.92 Å². The quantitative estimate of drug-likeness (QED) is 0.330. The molecule has 1 heterocycles. The van der Waals surface area contributed by atoms with E-state index in [1.54, 1.807) is 12.1 Å². The number of carbonyl (C=O) groups excluding carboxylic acids is 2. The highest BCUT2D eigenvalue weighted by Gasteiger charge is 2.54. The molecular weight excluding hydrogens is 406 g/mol. The minimum absolute atomic E-state index is 0.0629. The standard InChI is InChI=1S/C26H33NO5/c1-16(28)31-21-14-17(9-10-22(29)32-25(2,3)4)18-15-20-19-8-6-7-11-26(19,12-13-27(20)5)23(18)24(21)30/h6,8-10,14,19-20,30H,7,11-13,15H2,1-5H3/b10-9+/t19?,20?,26-/m1/s1. The molecule has 0 spiro atoms. The van der Waals surface area contributed by atoms with E-state index in [4.69, 9.17) is 9.47 Å². The van der Waals surface area contributed by atoms with Gasteiger partial charge in [-0.3, -0.25) is 4.79 Å². The maximum absolute atomic E-state index is 12.3. The number of phenolic OH excluding ortho intramolecular Hbond substituents is 1. The number of ether oxygens (including phenoxy) is 2. The van der Waals surface area contributed by atoms with E-state index < -0.39 is 17.5 Å². The van der Waals surface area contributed by atoms with E-state index in [0.29, 0.717) is 12.0 Å². The average molecular weight is 440 g/mol. The Balaban J connectivity index is 1.87. The molecule has 6 heteroatoms. The van der Waals surface area contributed by atoms with Gasteiger partial charge >= 0.3 is 11.9 Å². The molecule has 0 aromatic heterocycles. The van der Waals surface area contributed by atoms with Crippen LogP contribution in [0.3, 0.4) is 0 Å². The number of phenols is 1. The number of carbonyl (C=O) groups is 2. The first kappa shape index (κ1) is 22.6. The monoisotopic (exact) mass is 439 g/mol. The molecule has 4 rings (SSSR count). The zero-order chi connectivity index (χ0) is 23.3. The molecule has 3 atom stereocenters. The van der Waals surface area contributed by atoms with Crippen molar-refractivity contribution >= 4 is 18.0 Å². The van der Waals surface area contributed by atoms with Crippen LogP contribution in [0, 0.1) is 5.92 Å². The molecule has 172 valence electrons. The summed E-state index contributed by atoms with van der Waals surface area (Å²) >= 11 is 0. The summed E-state index contributed by atoms with van der Waals surface area (Å²) in [4.78, 5) is 26.5. The number of rotatable bonds is 3. The highest BCUT2D eigenvalue weighted by Crippen LogP contribution is 2.58. The molecule has 2 aliphatic carbocycles. The Labute approximate surface area is 189 Å². The summed E-state index contributed by atoms with van der Waals surface area (Å²) in [6.45, 7) is 7.76. The third kappa shape index (κ3) is 3.96. The third-order valence-corrected chi connectivity index (χ3v) is 7.01. The van der Waals surface area contributed by atoms with Crippen LogP contribution < -0.4 is 4.74 Å². The Hall–Kier alpha value is -2.60. The lowest BCUT2D eigenvalue weighted by Crippen LogP contribution is -2.59. The van der Waals surface area contributed by atoms with Crippen molar-refractivity contribution in [2.45, 2.75) is 70.4 Å². The van der Waals surface area contributed by atoms with Crippen LogP contribution in [0.15, 0.2) is 24.3 Å². The zero-order valence-electron chi connectivity index (χ0n) is 19.6. The van der Waals surface area contributed by atoms with Crippen LogP contribution in [-0.4, -0.2) is 47.2 Å². The van der Waals surface area contributed by atoms with Gasteiger partial charge in [-0.1, -0.05) is 12.2 Å². The van der Waals surface area contributed by atoms with Gasteiger partial charge in [0, 0.05) is 35.9 Å². The normalized spacial score (nSPS) is 27.0. The molecule has 3 aliphatic rings. The molecule has 1 N–H and O–H groups in total. The summed E-state index contributed by atoms with van der Waals surface area (Å²) in [6, 6.07) is 1.99. The van der Waals surface area contributed by atoms with Crippen LogP contribution in [0.1, 0.15) is 63.6 Å². The lowest BCUT2D eigenvalue weighted by molar-refractivity contribution is -0.148. The fraction of sp³-hybridized carbons (Fsp3) is 0.538. The van der Waals surface area contributed by atoms with Crippen molar-refractivity contribution in [2.75, 3.05) is 13.6 Å². The lowest BCUT2D eigenvalue weighted by atomic mass is 9.53. The number of nitrogens with zero attached hydrogens (tertiary/aromatic N) is 1. The summed E-state index contributed by atoms with van der Waals surface area (Å²) in [5.74, 6) is -0.410. The van der Waals surface area contributed by atoms with Crippen molar-refractivity contribution in [3.05, 3.63) is 41.0 Å². The molecule has 2 unspecified atom stereocenters. The van der Waals surface area contributed by atoms with Crippen LogP contribution in [0.4, 0.5) is 0 Å². The van der Waals surface area contributed by atoms with E-state index in [1.807, 2.05) is 20.8 Å². The van der Waals surface area contributed by atoms with Gasteiger partial charge in [0.25, 0.3) is 0 Å². The van der Waals surface area contributed by atoms with Crippen molar-refractivity contribution in [3.8, 4) is 11.5 Å². The van der Waals surface area contributed by atoms with Gasteiger partial charge in [-0.2, -0.15) is 0 Å². The first-order chi connectivity index (χ1) is 15.0. The van der Waals surface area contributed by atoms with Crippen LogP contribution in [-0.2, 0) is 26.2 Å². The Morgan fingerprint density at radius 1 is 1.28 bits per heavy atom. The first-order valence-electron chi connectivity index (χ1n) is 11.4. The Kier molecular flexibility index (Phi) is 5.70. The van der Waals surface area contributed by atoms with Crippen molar-refractivity contribution in [3.63, 3.8) is 0 Å². The molecule has 0 amide bonds. The Morgan fingerprint density at radius 2 is 2.03 bits per heavy atom. The van der Waals surface area contributed by atoms with Gasteiger partial charge in [0.1, 0.15) is 5.60 Å². The number of likely N-dealkylation sites (tertiary alicyclic amines) is 1. The van der Waals surface area contributed by atoms with E-state index in [2.05, 4.69) is 24.1 Å². The van der Waals surface area contributed by atoms with Gasteiger partial charge in [-0.15, -0.1) is 0 Å². The van der Waals surface area contributed by atoms with Crippen LogP contribution in [0.25, 0.3) is 6.08 Å². The first-order valence-corrected chi connectivity index (χ1v) is 11.4. The van der Waals surface area contributed by atoms with Gasteiger partial charge in [0.15, 0.2) is 11.5 Å². The van der Waals surface area contributed by atoms with E-state index in [1.165, 1.54) is 13.0 Å². The Bertz CT molecular complexity index is 1000. The minimum Gasteiger partial charge on any atom is -0.504 e. The van der Waals surface area contributed by atoms with E-state index in [9.17, 15) is 14.7 Å². The largest absolute Gasteiger partial charge is 0.504 e. The third-order valence-electron chi connectivity index (χ3n) is 7.01. The average Bonchev–Trinajstić information content (AvgIpc) is 2.69. The maximum atomic E-state index is 12.3. The molecule has 1 aliphatic heterocycles. The summed E-state index contributed by atoms with van der Waals surface area (Å²) in [6.07, 6.45) is 11.3. The fourth-order valence-corrected chi connectivity index (χ4v) is 5.79. The number of likely N-dealkylation sites (N-methyl/N-ethyl adjacent to an activating group) is 1. The van der Waals surface area contributed by atoms with Gasteiger partial charge in [-0.05, 0) is 83.3 Å². The van der Waals surface area contributed by atoms with E-state index in [0.717, 1.165) is 48.9 Å². The summed E-state index contributed by atoms with van der Waals surface area (Å²) < 4.78 is 10.8. The molecule has 2 bridgehead atoms. The number of esters is 2. The number of hydrogen-bond acceptors (Lipinski definition) is 6. The number of aromatic hydroxyl groups is 1. The fourth-order valence-electron chi connectivity index (χ4n) is 5.79. The summed E-state index contributed by atoms with van der Waals surface area (Å²) in [5.41, 5.74) is 1.92. The molecule has 0 saturated carbocycles. The highest BCUT2D eigenvalue weighted by atomic mass is 16.6. The van der Waals surface area contributed by atoms with Crippen LogP contribution in [0.2, 0.25) is 0 Å². The van der Waals surface area contributed by atoms with Gasteiger partial charge in [0.2, 0.25) is 0 Å². The van der Waals surface area contributed by atoms with Crippen molar-refractivity contribution < 1.29 is 24.2 Å². The molecule has 6 nitrogen and oxygen atoms in total. The molecule has 1 aromatic rings. The minimum atomic E-state index is -0.584. The summed E-state index contributed by atoms with van der Waals surface area (Å²) in [7, 11) is 2.16. The second kappa shape index (κ2) is 8.07. The van der Waals surface area contributed by atoms with E-state index in [-0.39, 0.29) is 16.9 Å². The number of fused-ring (bicyclic) bond motifs is 1. The van der Waals surface area contributed by atoms with Crippen LogP contribution >= 0.6 is 0 Å². The number of benzene rings is 1. The molecular formula is C26H33NO5. The summed E-state index contributed by atoms with van der Waals surface area (Å²) in [5, 5.41) is 11.3. The van der Waals surface area contributed by atoms with Crippen molar-refractivity contribution in [1.29, 1.82) is 0 Å². The van der Waals surface area contributed by atoms with E-state index >= 15 is 0 Å². The zero-order valence-corrected chi connectivity index (χ0v) is 19.6. The van der Waals surface area contributed by atoms with Gasteiger partial charge < -0.3 is 19.5 Å². The predicted molar refractivity (Wildman–Crippen MR) is 123 cm³/mol. The van der Waals surface area contributed by atoms with Crippen molar-refractivity contribution in [1.82, 2.24) is 4.90 Å². The number of allylic oxidation sites excluding steroid dienone is 1. The molecule has 32 heavy (non-hydrogen) atoms. The lowest BCUT2D eigenvalue weighted by Gasteiger charge is -2.57. The van der Waals surface area contributed by atoms with Gasteiger partial charge in [-0.25, -0.2) is 4.79 Å². The maximum Gasteiger partial charge on any atom is 0.331 e. The van der Waals surface area contributed by atoms with Gasteiger partial charge in [0.05, 0.1) is 0 Å². The van der Waals surface area contributed by atoms with Crippen LogP contribution in [0.5, 0.6) is 11.5 Å². The highest BCUT2D eigenvalue weighted by molar-refractivity contribution is 5.88. The molecule has 0 radical (unpaired) electrons. The molecule has 1 aromatic carbocycles. The second-order valence-corrected chi connectivity index (χ2v) is 10.3. The topological polar surface area (TPSA) is 76.1 Å². The number of hydrogen-bond donors (Lipinski definition) is 1. The second-order valence-electron chi connectivity index (χ2n) is 10.3. The molecule has 1 fully saturated rings. The predicted octanol–water partition coefficient (Wildman–Crippen LogP) is 4.14. The number of piperidine rings is 1. The SMILES string of the molecule is CC(=O)Oc1cc(/C=C/C(=O)OC(C)(C)C)c2c(c1O)[C@@]13CCC=CC1C(C2)N(C)CC3. The smallest absolute Gasteiger partial charge is 0.331 e.